The number of sulfonamides is 1. The van der Waals surface area contributed by atoms with Crippen molar-refractivity contribution in [1.29, 1.82) is 0 Å². The standard InChI is InChI=1S/C24H22N4O3S2/c25-33(30,31)17-19-8-11-21(12-9-19)26-23(29)13-10-20-16-28(15-18-5-2-1-3-6-18)27-24(20)22-7-4-14-32-22/h1-14,16H,15,17H2,(H,26,29)(H2,25,30,31)/b13-10+. The van der Waals surface area contributed by atoms with Gasteiger partial charge in [-0.1, -0.05) is 48.5 Å². The second kappa shape index (κ2) is 9.95. The molecule has 0 bridgehead atoms. The number of rotatable bonds is 8. The fraction of sp³-hybridized carbons (Fsp3) is 0.0833. The van der Waals surface area contributed by atoms with Crippen LogP contribution >= 0.6 is 11.3 Å². The van der Waals surface area contributed by atoms with Crippen LogP contribution in [0.3, 0.4) is 0 Å². The van der Waals surface area contributed by atoms with Gasteiger partial charge in [-0.25, -0.2) is 13.6 Å². The lowest BCUT2D eigenvalue weighted by molar-refractivity contribution is -0.111. The van der Waals surface area contributed by atoms with E-state index >= 15 is 0 Å². The van der Waals surface area contributed by atoms with E-state index in [4.69, 9.17) is 10.2 Å². The van der Waals surface area contributed by atoms with Gasteiger partial charge in [0.1, 0.15) is 5.69 Å². The number of amides is 1. The molecule has 0 atom stereocenters. The van der Waals surface area contributed by atoms with Crippen LogP contribution in [0.4, 0.5) is 5.69 Å². The van der Waals surface area contributed by atoms with Gasteiger partial charge in [0.15, 0.2) is 0 Å². The molecule has 0 unspecified atom stereocenters. The fourth-order valence-corrected chi connectivity index (χ4v) is 4.67. The molecule has 9 heteroatoms. The van der Waals surface area contributed by atoms with Crippen LogP contribution < -0.4 is 10.5 Å². The topological polar surface area (TPSA) is 107 Å². The summed E-state index contributed by atoms with van der Waals surface area (Å²) in [5.41, 5.74) is 3.90. The van der Waals surface area contributed by atoms with E-state index in [1.165, 1.54) is 6.08 Å². The maximum Gasteiger partial charge on any atom is 0.248 e. The molecule has 1 amide bonds. The monoisotopic (exact) mass is 478 g/mol. The summed E-state index contributed by atoms with van der Waals surface area (Å²) in [4.78, 5) is 13.5. The third-order valence-electron chi connectivity index (χ3n) is 4.74. The Labute approximate surface area is 196 Å². The summed E-state index contributed by atoms with van der Waals surface area (Å²) >= 11 is 1.59. The lowest BCUT2D eigenvalue weighted by atomic mass is 10.2. The number of hydrogen-bond acceptors (Lipinski definition) is 5. The number of carbonyl (C=O) groups is 1. The summed E-state index contributed by atoms with van der Waals surface area (Å²) < 4.78 is 24.3. The Balaban J connectivity index is 1.49. The van der Waals surface area contributed by atoms with Crippen molar-refractivity contribution < 1.29 is 13.2 Å². The van der Waals surface area contributed by atoms with E-state index in [9.17, 15) is 13.2 Å². The fourth-order valence-electron chi connectivity index (χ4n) is 3.28. The summed E-state index contributed by atoms with van der Waals surface area (Å²) in [5, 5.41) is 14.6. The second-order valence-corrected chi connectivity index (χ2v) is 9.98. The van der Waals surface area contributed by atoms with E-state index in [-0.39, 0.29) is 11.7 Å². The predicted molar refractivity (Wildman–Crippen MR) is 132 cm³/mol. The van der Waals surface area contributed by atoms with Crippen molar-refractivity contribution in [1.82, 2.24) is 9.78 Å². The van der Waals surface area contributed by atoms with Crippen LogP contribution in [0.1, 0.15) is 16.7 Å². The summed E-state index contributed by atoms with van der Waals surface area (Å²) in [7, 11) is -3.60. The van der Waals surface area contributed by atoms with Crippen LogP contribution in [0.25, 0.3) is 16.6 Å². The summed E-state index contributed by atoms with van der Waals surface area (Å²) in [6.07, 6.45) is 5.13. The zero-order valence-electron chi connectivity index (χ0n) is 17.6. The summed E-state index contributed by atoms with van der Waals surface area (Å²) in [6, 6.07) is 20.5. The number of aromatic nitrogens is 2. The maximum atomic E-state index is 12.5. The molecule has 0 fully saturated rings. The normalized spacial score (nSPS) is 11.7. The van der Waals surface area contributed by atoms with Crippen molar-refractivity contribution in [3.63, 3.8) is 0 Å². The smallest absolute Gasteiger partial charge is 0.248 e. The highest BCUT2D eigenvalue weighted by atomic mass is 32.2. The highest BCUT2D eigenvalue weighted by molar-refractivity contribution is 7.88. The van der Waals surface area contributed by atoms with Gasteiger partial charge >= 0.3 is 0 Å². The Morgan fingerprint density at radius 3 is 2.45 bits per heavy atom. The number of carbonyl (C=O) groups excluding carboxylic acids is 1. The quantitative estimate of drug-likeness (QED) is 0.372. The van der Waals surface area contributed by atoms with E-state index in [0.29, 0.717) is 17.8 Å². The molecule has 0 radical (unpaired) electrons. The van der Waals surface area contributed by atoms with E-state index in [1.807, 2.05) is 58.7 Å². The van der Waals surface area contributed by atoms with Crippen molar-refractivity contribution in [2.45, 2.75) is 12.3 Å². The van der Waals surface area contributed by atoms with E-state index < -0.39 is 10.0 Å². The molecule has 3 N–H and O–H groups in total. The van der Waals surface area contributed by atoms with Crippen molar-refractivity contribution >= 4 is 39.0 Å². The molecule has 7 nitrogen and oxygen atoms in total. The minimum Gasteiger partial charge on any atom is -0.323 e. The molecule has 0 spiro atoms. The van der Waals surface area contributed by atoms with Gasteiger partial charge in [-0.15, -0.1) is 11.3 Å². The number of nitrogens with zero attached hydrogens (tertiary/aromatic N) is 2. The van der Waals surface area contributed by atoms with Crippen LogP contribution in [0.15, 0.2) is 84.4 Å². The molecule has 33 heavy (non-hydrogen) atoms. The Morgan fingerprint density at radius 1 is 1.03 bits per heavy atom. The first-order valence-corrected chi connectivity index (χ1v) is 12.7. The van der Waals surface area contributed by atoms with Gasteiger partial charge < -0.3 is 5.32 Å². The predicted octanol–water partition coefficient (Wildman–Crippen LogP) is 4.10. The molecule has 0 saturated heterocycles. The molecule has 2 aromatic carbocycles. The highest BCUT2D eigenvalue weighted by Gasteiger charge is 2.11. The largest absolute Gasteiger partial charge is 0.323 e. The molecule has 168 valence electrons. The highest BCUT2D eigenvalue weighted by Crippen LogP contribution is 2.28. The Hall–Kier alpha value is -3.53. The number of thiophene rings is 1. The van der Waals surface area contributed by atoms with E-state index in [1.54, 1.807) is 41.7 Å². The molecule has 4 rings (SSSR count). The van der Waals surface area contributed by atoms with Gasteiger partial charge in [-0.05, 0) is 40.8 Å². The minimum atomic E-state index is -3.60. The Morgan fingerprint density at radius 2 is 1.79 bits per heavy atom. The number of anilines is 1. The molecule has 0 aliphatic heterocycles. The van der Waals surface area contributed by atoms with E-state index in [0.717, 1.165) is 21.7 Å². The first kappa shape index (κ1) is 22.7. The average Bonchev–Trinajstić information content (AvgIpc) is 3.43. The van der Waals surface area contributed by atoms with Crippen LogP contribution in [-0.4, -0.2) is 24.1 Å². The van der Waals surface area contributed by atoms with Gasteiger partial charge in [0.25, 0.3) is 0 Å². The Bertz CT molecular complexity index is 1360. The zero-order valence-corrected chi connectivity index (χ0v) is 19.2. The van der Waals surface area contributed by atoms with Crippen molar-refractivity contribution in [2.75, 3.05) is 5.32 Å². The van der Waals surface area contributed by atoms with Gasteiger partial charge in [-0.3, -0.25) is 9.48 Å². The number of primary sulfonamides is 1. The molecule has 2 aromatic heterocycles. The molecular weight excluding hydrogens is 456 g/mol. The lowest BCUT2D eigenvalue weighted by Crippen LogP contribution is -2.14. The van der Waals surface area contributed by atoms with Crippen molar-refractivity contribution in [3.05, 3.63) is 101 Å². The maximum absolute atomic E-state index is 12.5. The number of nitrogens with two attached hydrogens (primary N) is 1. The zero-order chi connectivity index (χ0) is 23.3. The van der Waals surface area contributed by atoms with Crippen molar-refractivity contribution in [3.8, 4) is 10.6 Å². The van der Waals surface area contributed by atoms with Crippen LogP contribution in [0.5, 0.6) is 0 Å². The van der Waals surface area contributed by atoms with Gasteiger partial charge in [0.05, 0.1) is 17.2 Å². The van der Waals surface area contributed by atoms with Gasteiger partial charge in [0.2, 0.25) is 15.9 Å². The number of benzene rings is 2. The summed E-state index contributed by atoms with van der Waals surface area (Å²) in [5.74, 6) is -0.554. The molecule has 2 heterocycles. The third kappa shape index (κ3) is 6.48. The lowest BCUT2D eigenvalue weighted by Gasteiger charge is -2.04. The average molecular weight is 479 g/mol. The SMILES string of the molecule is NS(=O)(=O)Cc1ccc(NC(=O)/C=C/c2cn(Cc3ccccc3)nc2-c2cccs2)cc1. The van der Waals surface area contributed by atoms with Crippen molar-refractivity contribution in [2.24, 2.45) is 5.14 Å². The van der Waals surface area contributed by atoms with Crippen LogP contribution in [0.2, 0.25) is 0 Å². The molecular formula is C24H22N4O3S2. The Kier molecular flexibility index (Phi) is 6.83. The minimum absolute atomic E-state index is 0.250. The van der Waals surface area contributed by atoms with Crippen LogP contribution in [-0.2, 0) is 27.1 Å². The van der Waals surface area contributed by atoms with Crippen LogP contribution in [0, 0.1) is 0 Å². The molecule has 0 saturated carbocycles. The second-order valence-electron chi connectivity index (χ2n) is 7.42. The third-order valence-corrected chi connectivity index (χ3v) is 6.35. The van der Waals surface area contributed by atoms with E-state index in [2.05, 4.69) is 5.32 Å². The molecule has 0 aliphatic carbocycles. The number of nitrogens with one attached hydrogen (secondary N) is 1. The van der Waals surface area contributed by atoms with Gasteiger partial charge in [0, 0.05) is 23.5 Å². The number of hydrogen-bond donors (Lipinski definition) is 2. The van der Waals surface area contributed by atoms with Gasteiger partial charge in [-0.2, -0.15) is 5.10 Å². The molecule has 0 aliphatic rings. The first-order valence-electron chi connectivity index (χ1n) is 10.1. The first-order chi connectivity index (χ1) is 15.9. The molecule has 4 aromatic rings. The summed E-state index contributed by atoms with van der Waals surface area (Å²) in [6.45, 7) is 0.629.